The van der Waals surface area contributed by atoms with Crippen molar-refractivity contribution in [1.29, 1.82) is 0 Å². The number of benzene rings is 2. The Kier molecular flexibility index (Phi) is 6.93. The maximum Gasteiger partial charge on any atom is 0.337 e. The Morgan fingerprint density at radius 3 is 2.63 bits per heavy atom. The summed E-state index contributed by atoms with van der Waals surface area (Å²) in [6, 6.07) is 16.0. The number of hydrogen-bond acceptors (Lipinski definition) is 6. The first-order valence-electron chi connectivity index (χ1n) is 11.6. The first-order chi connectivity index (χ1) is 16.7. The Morgan fingerprint density at radius 1 is 1.11 bits per heavy atom. The third-order valence-electron chi connectivity index (χ3n) is 5.70. The SMILES string of the molecule is COC(=O)C(C)(C)OCc1cc(-c2cccc(OCC(C)C)c2)n(-c2cccc3cnn(C)c23)n1. The first-order valence-corrected chi connectivity index (χ1v) is 11.6. The first kappa shape index (κ1) is 24.5. The van der Waals surface area contributed by atoms with Crippen LogP contribution in [0, 0.1) is 5.92 Å². The van der Waals surface area contributed by atoms with Gasteiger partial charge in [-0.25, -0.2) is 9.48 Å². The number of aryl methyl sites for hydroxylation is 1. The molecule has 0 spiro atoms. The topological polar surface area (TPSA) is 80.4 Å². The molecule has 0 saturated heterocycles. The van der Waals surface area contributed by atoms with Crippen LogP contribution < -0.4 is 4.74 Å². The molecule has 0 unspecified atom stereocenters. The van der Waals surface area contributed by atoms with E-state index in [0.717, 1.165) is 33.6 Å². The third kappa shape index (κ3) is 5.22. The van der Waals surface area contributed by atoms with Gasteiger partial charge < -0.3 is 14.2 Å². The van der Waals surface area contributed by atoms with Gasteiger partial charge in [-0.3, -0.25) is 4.68 Å². The predicted molar refractivity (Wildman–Crippen MR) is 134 cm³/mol. The average molecular weight is 477 g/mol. The lowest BCUT2D eigenvalue weighted by atomic mass is 10.1. The minimum Gasteiger partial charge on any atom is -0.493 e. The number of rotatable bonds is 9. The molecule has 2 heterocycles. The fourth-order valence-electron chi connectivity index (χ4n) is 3.84. The van der Waals surface area contributed by atoms with Crippen LogP contribution in [0.4, 0.5) is 0 Å². The van der Waals surface area contributed by atoms with Crippen LogP contribution >= 0.6 is 0 Å². The van der Waals surface area contributed by atoms with Crippen LogP contribution in [0.25, 0.3) is 27.8 Å². The molecule has 0 aliphatic carbocycles. The Morgan fingerprint density at radius 2 is 1.89 bits per heavy atom. The molecule has 2 aromatic heterocycles. The number of fused-ring (bicyclic) bond motifs is 1. The van der Waals surface area contributed by atoms with E-state index in [9.17, 15) is 4.79 Å². The summed E-state index contributed by atoms with van der Waals surface area (Å²) in [5.74, 6) is 0.785. The lowest BCUT2D eigenvalue weighted by molar-refractivity contribution is -0.166. The van der Waals surface area contributed by atoms with Crippen LogP contribution in [0.5, 0.6) is 5.75 Å². The highest BCUT2D eigenvalue weighted by Crippen LogP contribution is 2.31. The largest absolute Gasteiger partial charge is 0.493 e. The summed E-state index contributed by atoms with van der Waals surface area (Å²) in [6.07, 6.45) is 1.84. The van der Waals surface area contributed by atoms with Gasteiger partial charge in [0.1, 0.15) is 5.75 Å². The molecule has 4 aromatic rings. The summed E-state index contributed by atoms with van der Waals surface area (Å²) in [5.41, 5.74) is 3.28. The molecule has 0 radical (unpaired) electrons. The molecular weight excluding hydrogens is 444 g/mol. The molecule has 8 nitrogen and oxygen atoms in total. The van der Waals surface area contributed by atoms with Crippen molar-refractivity contribution in [2.24, 2.45) is 13.0 Å². The molecule has 184 valence electrons. The van der Waals surface area contributed by atoms with Gasteiger partial charge in [-0.2, -0.15) is 10.2 Å². The number of methoxy groups -OCH3 is 1. The summed E-state index contributed by atoms with van der Waals surface area (Å²) < 4.78 is 20.5. The highest BCUT2D eigenvalue weighted by molar-refractivity contribution is 5.87. The second-order valence-electron chi connectivity index (χ2n) is 9.44. The minimum absolute atomic E-state index is 0.146. The molecule has 0 N–H and O–H groups in total. The zero-order chi connectivity index (χ0) is 25.2. The molecule has 0 aliphatic rings. The lowest BCUT2D eigenvalue weighted by Crippen LogP contribution is -2.35. The minimum atomic E-state index is -1.09. The van der Waals surface area contributed by atoms with Gasteiger partial charge >= 0.3 is 5.97 Å². The molecule has 4 rings (SSSR count). The van der Waals surface area contributed by atoms with Crippen LogP contribution in [0.3, 0.4) is 0 Å². The van der Waals surface area contributed by atoms with Crippen molar-refractivity contribution >= 4 is 16.9 Å². The molecule has 0 amide bonds. The predicted octanol–water partition coefficient (Wildman–Crippen LogP) is 4.93. The van der Waals surface area contributed by atoms with E-state index in [-0.39, 0.29) is 6.61 Å². The van der Waals surface area contributed by atoms with Gasteiger partial charge in [0.25, 0.3) is 0 Å². The molecule has 8 heteroatoms. The van der Waals surface area contributed by atoms with E-state index in [1.54, 1.807) is 13.8 Å². The Balaban J connectivity index is 1.78. The van der Waals surface area contributed by atoms with Crippen molar-refractivity contribution in [2.45, 2.75) is 39.9 Å². The zero-order valence-electron chi connectivity index (χ0n) is 21.1. The summed E-state index contributed by atoms with van der Waals surface area (Å²) in [7, 11) is 3.27. The number of esters is 1. The van der Waals surface area contributed by atoms with Gasteiger partial charge in [-0.15, -0.1) is 0 Å². The summed E-state index contributed by atoms with van der Waals surface area (Å²) >= 11 is 0. The van der Waals surface area contributed by atoms with Gasteiger partial charge in [0.15, 0.2) is 5.60 Å². The van der Waals surface area contributed by atoms with E-state index in [1.807, 2.05) is 71.1 Å². The Labute approximate surface area is 205 Å². The molecule has 0 atom stereocenters. The fraction of sp³-hybridized carbons (Fsp3) is 0.370. The Bertz CT molecular complexity index is 1340. The van der Waals surface area contributed by atoms with E-state index in [0.29, 0.717) is 18.2 Å². The maximum atomic E-state index is 12.1. The number of nitrogens with zero attached hydrogens (tertiary/aromatic N) is 4. The molecule has 0 aliphatic heterocycles. The fourth-order valence-corrected chi connectivity index (χ4v) is 3.84. The number of carbonyl (C=O) groups is 1. The van der Waals surface area contributed by atoms with Crippen LogP contribution in [0.2, 0.25) is 0 Å². The van der Waals surface area contributed by atoms with Gasteiger partial charge in [0, 0.05) is 18.0 Å². The van der Waals surface area contributed by atoms with E-state index in [4.69, 9.17) is 19.3 Å². The normalized spacial score (nSPS) is 11.9. The van der Waals surface area contributed by atoms with E-state index >= 15 is 0 Å². The molecule has 0 fully saturated rings. The quantitative estimate of drug-likeness (QED) is 0.319. The standard InChI is InChI=1S/C27H32N4O4/c1-18(2)16-34-22-11-7-9-19(13-22)24-14-21(17-35-27(3,4)26(32)33-6)29-31(24)23-12-8-10-20-15-28-30(5)25(20)23/h7-15,18H,16-17H2,1-6H3. The van der Waals surface area contributed by atoms with Crippen LogP contribution in [0.15, 0.2) is 54.7 Å². The van der Waals surface area contributed by atoms with Crippen molar-refractivity contribution in [3.8, 4) is 22.7 Å². The summed E-state index contributed by atoms with van der Waals surface area (Å²) in [6.45, 7) is 8.39. The van der Waals surface area contributed by atoms with E-state index in [2.05, 4.69) is 18.9 Å². The second kappa shape index (κ2) is 9.92. The molecule has 0 bridgehead atoms. The molecule has 35 heavy (non-hydrogen) atoms. The summed E-state index contributed by atoms with van der Waals surface area (Å²) in [5, 5.41) is 10.3. The summed E-state index contributed by atoms with van der Waals surface area (Å²) in [4.78, 5) is 12.1. The number of hydrogen-bond donors (Lipinski definition) is 0. The maximum absolute atomic E-state index is 12.1. The van der Waals surface area contributed by atoms with Gasteiger partial charge in [-0.05, 0) is 44.0 Å². The van der Waals surface area contributed by atoms with Crippen molar-refractivity contribution in [1.82, 2.24) is 19.6 Å². The van der Waals surface area contributed by atoms with Crippen molar-refractivity contribution < 1.29 is 19.0 Å². The number of aromatic nitrogens is 4. The van der Waals surface area contributed by atoms with Crippen LogP contribution in [0.1, 0.15) is 33.4 Å². The monoisotopic (exact) mass is 476 g/mol. The lowest BCUT2D eigenvalue weighted by Gasteiger charge is -2.21. The van der Waals surface area contributed by atoms with E-state index < -0.39 is 11.6 Å². The van der Waals surface area contributed by atoms with Crippen molar-refractivity contribution in [2.75, 3.05) is 13.7 Å². The van der Waals surface area contributed by atoms with E-state index in [1.165, 1.54) is 7.11 Å². The second-order valence-corrected chi connectivity index (χ2v) is 9.44. The van der Waals surface area contributed by atoms with Crippen molar-refractivity contribution in [3.63, 3.8) is 0 Å². The molecular formula is C27H32N4O4. The zero-order valence-corrected chi connectivity index (χ0v) is 21.1. The third-order valence-corrected chi connectivity index (χ3v) is 5.70. The number of carbonyl (C=O) groups excluding carboxylic acids is 1. The number of ether oxygens (including phenoxy) is 3. The smallest absolute Gasteiger partial charge is 0.337 e. The highest BCUT2D eigenvalue weighted by atomic mass is 16.6. The van der Waals surface area contributed by atoms with Gasteiger partial charge in [-0.1, -0.05) is 38.1 Å². The molecule has 2 aromatic carbocycles. The van der Waals surface area contributed by atoms with Crippen LogP contribution in [-0.2, 0) is 27.9 Å². The van der Waals surface area contributed by atoms with Gasteiger partial charge in [0.05, 0.1) is 49.1 Å². The molecule has 0 saturated carbocycles. The average Bonchev–Trinajstić information content (AvgIpc) is 3.45. The number of para-hydroxylation sites is 1. The van der Waals surface area contributed by atoms with Crippen molar-refractivity contribution in [3.05, 3.63) is 60.4 Å². The Hall–Kier alpha value is -3.65. The highest BCUT2D eigenvalue weighted by Gasteiger charge is 2.30. The van der Waals surface area contributed by atoms with Gasteiger partial charge in [0.2, 0.25) is 0 Å². The van der Waals surface area contributed by atoms with Crippen LogP contribution in [-0.4, -0.2) is 44.8 Å².